The number of piperidine rings is 1. The summed E-state index contributed by atoms with van der Waals surface area (Å²) in [6.45, 7) is 5.51. The average molecular weight is 304 g/mol. The molecule has 1 aromatic heterocycles. The molecule has 1 aliphatic heterocycles. The van der Waals surface area contributed by atoms with E-state index in [0.717, 1.165) is 19.6 Å². The summed E-state index contributed by atoms with van der Waals surface area (Å²) in [6, 6.07) is 1.59. The van der Waals surface area contributed by atoms with Gasteiger partial charge in [0.25, 0.3) is 5.91 Å². The Bertz CT molecular complexity index is 422. The average Bonchev–Trinajstić information content (AvgIpc) is 2.76. The normalized spacial score (nSPS) is 19.4. The molecule has 0 aliphatic carbocycles. The highest BCUT2D eigenvalue weighted by Gasteiger charge is 2.22. The summed E-state index contributed by atoms with van der Waals surface area (Å²) in [7, 11) is 0. The first-order valence-corrected chi connectivity index (χ1v) is 7.41. The van der Waals surface area contributed by atoms with Gasteiger partial charge in [0.15, 0.2) is 0 Å². The molecule has 1 fully saturated rings. The second-order valence-corrected chi connectivity index (χ2v) is 5.69. The van der Waals surface area contributed by atoms with Crippen molar-refractivity contribution in [2.45, 2.75) is 19.8 Å². The fourth-order valence-corrected chi connectivity index (χ4v) is 2.75. The standard InChI is InChI=1S/C13H19Cl2N3O/c1-2-18(8-9-4-3-5-16-7-9)13(19)11-6-10(14)12(15)17-11/h6,9,16-17H,2-5,7-8H2,1H3. The van der Waals surface area contributed by atoms with Crippen LogP contribution in [0, 0.1) is 5.92 Å². The summed E-state index contributed by atoms with van der Waals surface area (Å²) in [6.07, 6.45) is 2.35. The van der Waals surface area contributed by atoms with Crippen LogP contribution in [0.2, 0.25) is 10.2 Å². The molecule has 0 radical (unpaired) electrons. The predicted octanol–water partition coefficient (Wildman–Crippen LogP) is 2.78. The van der Waals surface area contributed by atoms with Gasteiger partial charge in [0, 0.05) is 13.1 Å². The molecule has 4 nitrogen and oxygen atoms in total. The Balaban J connectivity index is 2.01. The number of hydrogen-bond acceptors (Lipinski definition) is 2. The molecular formula is C13H19Cl2N3O. The molecule has 1 aliphatic rings. The Morgan fingerprint density at radius 1 is 1.53 bits per heavy atom. The number of aromatic nitrogens is 1. The zero-order valence-electron chi connectivity index (χ0n) is 11.0. The van der Waals surface area contributed by atoms with Crippen molar-refractivity contribution in [3.8, 4) is 0 Å². The number of carbonyl (C=O) groups is 1. The third-order valence-corrected chi connectivity index (χ3v) is 4.19. The van der Waals surface area contributed by atoms with Crippen molar-refractivity contribution in [1.29, 1.82) is 0 Å². The smallest absolute Gasteiger partial charge is 0.270 e. The molecule has 6 heteroatoms. The van der Waals surface area contributed by atoms with E-state index in [0.29, 0.717) is 28.3 Å². The third kappa shape index (κ3) is 3.65. The maximum absolute atomic E-state index is 12.4. The van der Waals surface area contributed by atoms with Crippen LogP contribution in [0.5, 0.6) is 0 Å². The van der Waals surface area contributed by atoms with Crippen LogP contribution in [-0.2, 0) is 0 Å². The molecule has 1 atom stereocenters. The summed E-state index contributed by atoms with van der Waals surface area (Å²) in [4.78, 5) is 17.0. The number of nitrogens with one attached hydrogen (secondary N) is 2. The highest BCUT2D eigenvalue weighted by Crippen LogP contribution is 2.23. The van der Waals surface area contributed by atoms with Gasteiger partial charge in [-0.1, -0.05) is 23.2 Å². The lowest BCUT2D eigenvalue weighted by molar-refractivity contribution is 0.0724. The number of rotatable bonds is 4. The first-order chi connectivity index (χ1) is 9.11. The van der Waals surface area contributed by atoms with Gasteiger partial charge in [-0.25, -0.2) is 0 Å². The second-order valence-electron chi connectivity index (χ2n) is 4.90. The van der Waals surface area contributed by atoms with Gasteiger partial charge in [0.2, 0.25) is 0 Å². The monoisotopic (exact) mass is 303 g/mol. The molecule has 0 saturated carbocycles. The fourth-order valence-electron chi connectivity index (χ4n) is 2.44. The molecule has 1 unspecified atom stereocenters. The SMILES string of the molecule is CCN(CC1CCCNC1)C(=O)c1cc(Cl)c(Cl)[nH]1. The van der Waals surface area contributed by atoms with Crippen LogP contribution in [0.25, 0.3) is 0 Å². The maximum Gasteiger partial charge on any atom is 0.270 e. The van der Waals surface area contributed by atoms with E-state index >= 15 is 0 Å². The van der Waals surface area contributed by atoms with Crippen LogP contribution in [0.1, 0.15) is 30.3 Å². The summed E-state index contributed by atoms with van der Waals surface area (Å²) < 4.78 is 0. The molecule has 0 bridgehead atoms. The lowest BCUT2D eigenvalue weighted by Crippen LogP contribution is -2.41. The van der Waals surface area contributed by atoms with Crippen LogP contribution >= 0.6 is 23.2 Å². The zero-order chi connectivity index (χ0) is 13.8. The Morgan fingerprint density at radius 3 is 2.84 bits per heavy atom. The highest BCUT2D eigenvalue weighted by atomic mass is 35.5. The molecule has 2 rings (SSSR count). The summed E-state index contributed by atoms with van der Waals surface area (Å²) >= 11 is 11.7. The number of halogens is 2. The van der Waals surface area contributed by atoms with E-state index < -0.39 is 0 Å². The molecule has 0 aromatic carbocycles. The van der Waals surface area contributed by atoms with Gasteiger partial charge in [-0.3, -0.25) is 4.79 Å². The number of nitrogens with zero attached hydrogens (tertiary/aromatic N) is 1. The minimum absolute atomic E-state index is 0.0399. The Hall–Kier alpha value is -0.710. The van der Waals surface area contributed by atoms with E-state index in [2.05, 4.69) is 10.3 Å². The van der Waals surface area contributed by atoms with E-state index in [1.165, 1.54) is 12.8 Å². The van der Waals surface area contributed by atoms with Gasteiger partial charge in [-0.15, -0.1) is 0 Å². The molecule has 1 saturated heterocycles. The quantitative estimate of drug-likeness (QED) is 0.898. The lowest BCUT2D eigenvalue weighted by atomic mass is 9.99. The third-order valence-electron chi connectivity index (χ3n) is 3.50. The minimum atomic E-state index is -0.0399. The molecule has 19 heavy (non-hydrogen) atoms. The zero-order valence-corrected chi connectivity index (χ0v) is 12.5. The number of aromatic amines is 1. The van der Waals surface area contributed by atoms with Gasteiger partial charge in [0.05, 0.1) is 5.02 Å². The van der Waals surface area contributed by atoms with Gasteiger partial charge >= 0.3 is 0 Å². The summed E-state index contributed by atoms with van der Waals surface area (Å²) in [5.41, 5.74) is 0.459. The summed E-state index contributed by atoms with van der Waals surface area (Å²) in [5.74, 6) is 0.487. The van der Waals surface area contributed by atoms with Crippen molar-refractivity contribution < 1.29 is 4.79 Å². The lowest BCUT2D eigenvalue weighted by Gasteiger charge is -2.29. The Morgan fingerprint density at radius 2 is 2.32 bits per heavy atom. The van der Waals surface area contributed by atoms with Gasteiger partial charge < -0.3 is 15.2 Å². The molecule has 1 aromatic rings. The topological polar surface area (TPSA) is 48.1 Å². The molecule has 1 amide bonds. The molecule has 2 N–H and O–H groups in total. The van der Waals surface area contributed by atoms with E-state index in [4.69, 9.17) is 23.2 Å². The Kier molecular flexibility index (Phi) is 5.13. The van der Waals surface area contributed by atoms with E-state index in [1.54, 1.807) is 6.07 Å². The van der Waals surface area contributed by atoms with Crippen molar-refractivity contribution in [2.75, 3.05) is 26.2 Å². The number of hydrogen-bond donors (Lipinski definition) is 2. The van der Waals surface area contributed by atoms with Crippen LogP contribution < -0.4 is 5.32 Å². The van der Waals surface area contributed by atoms with Crippen molar-refractivity contribution in [1.82, 2.24) is 15.2 Å². The van der Waals surface area contributed by atoms with Crippen molar-refractivity contribution in [2.24, 2.45) is 5.92 Å². The van der Waals surface area contributed by atoms with Crippen LogP contribution in [0.3, 0.4) is 0 Å². The Labute approximate surface area is 123 Å². The van der Waals surface area contributed by atoms with Crippen LogP contribution in [0.15, 0.2) is 6.07 Å². The first-order valence-electron chi connectivity index (χ1n) is 6.65. The van der Waals surface area contributed by atoms with Crippen molar-refractivity contribution >= 4 is 29.1 Å². The molecule has 0 spiro atoms. The maximum atomic E-state index is 12.4. The number of amides is 1. The van der Waals surface area contributed by atoms with Crippen LogP contribution in [-0.4, -0.2) is 42.0 Å². The first kappa shape index (κ1) is 14.7. The molecule has 2 heterocycles. The molecule has 106 valence electrons. The van der Waals surface area contributed by atoms with Gasteiger partial charge in [-0.2, -0.15) is 0 Å². The van der Waals surface area contributed by atoms with Gasteiger partial charge in [0.1, 0.15) is 10.8 Å². The van der Waals surface area contributed by atoms with E-state index in [-0.39, 0.29) is 5.91 Å². The van der Waals surface area contributed by atoms with Crippen LogP contribution in [0.4, 0.5) is 0 Å². The highest BCUT2D eigenvalue weighted by molar-refractivity contribution is 6.41. The van der Waals surface area contributed by atoms with Gasteiger partial charge in [-0.05, 0) is 44.8 Å². The number of H-pyrrole nitrogens is 1. The van der Waals surface area contributed by atoms with Crippen molar-refractivity contribution in [3.05, 3.63) is 21.9 Å². The largest absolute Gasteiger partial charge is 0.340 e. The fraction of sp³-hybridized carbons (Fsp3) is 0.615. The molecular weight excluding hydrogens is 285 g/mol. The van der Waals surface area contributed by atoms with E-state index in [1.807, 2.05) is 11.8 Å². The second kappa shape index (κ2) is 6.64. The predicted molar refractivity (Wildman–Crippen MR) is 78.0 cm³/mol. The van der Waals surface area contributed by atoms with E-state index in [9.17, 15) is 4.79 Å². The number of carbonyl (C=O) groups excluding carboxylic acids is 1. The van der Waals surface area contributed by atoms with Crippen molar-refractivity contribution in [3.63, 3.8) is 0 Å². The summed E-state index contributed by atoms with van der Waals surface area (Å²) in [5, 5.41) is 4.08. The minimum Gasteiger partial charge on any atom is -0.340 e.